The number of amides is 1. The molecule has 6 nitrogen and oxygen atoms in total. The number of fused-ring (bicyclic) bond motifs is 1. The van der Waals surface area contributed by atoms with E-state index in [9.17, 15) is 9.59 Å². The maximum Gasteiger partial charge on any atom is 0.326 e. The molecule has 7 heteroatoms. The number of rotatable bonds is 5. The van der Waals surface area contributed by atoms with Crippen LogP contribution in [0, 0.1) is 13.8 Å². The fourth-order valence-electron chi connectivity index (χ4n) is 4.18. The molecule has 31 heavy (non-hydrogen) atoms. The van der Waals surface area contributed by atoms with Crippen LogP contribution in [0.4, 0.5) is 5.00 Å². The molecule has 4 rings (SSSR count). The van der Waals surface area contributed by atoms with E-state index in [1.165, 1.54) is 17.8 Å². The number of thiophene rings is 1. The highest BCUT2D eigenvalue weighted by atomic mass is 32.1. The Morgan fingerprint density at radius 2 is 1.87 bits per heavy atom. The van der Waals surface area contributed by atoms with Gasteiger partial charge in [0.25, 0.3) is 0 Å². The Bertz CT molecular complexity index is 1000. The second-order valence-corrected chi connectivity index (χ2v) is 9.29. The number of hydrogen-bond donors (Lipinski definition) is 0. The summed E-state index contributed by atoms with van der Waals surface area (Å²) in [6.07, 6.45) is 5.17. The van der Waals surface area contributed by atoms with Crippen molar-refractivity contribution in [2.45, 2.75) is 52.1 Å². The zero-order valence-corrected chi connectivity index (χ0v) is 19.1. The van der Waals surface area contributed by atoms with Crippen molar-refractivity contribution in [3.8, 4) is 5.75 Å². The van der Waals surface area contributed by atoms with E-state index >= 15 is 0 Å². The first-order valence-electron chi connectivity index (χ1n) is 10.8. The number of methoxy groups -OCH3 is 1. The van der Waals surface area contributed by atoms with Crippen LogP contribution in [0.2, 0.25) is 0 Å². The number of ether oxygens (including phenoxy) is 2. The molecule has 164 valence electrons. The van der Waals surface area contributed by atoms with Crippen molar-refractivity contribution in [1.29, 1.82) is 0 Å². The summed E-state index contributed by atoms with van der Waals surface area (Å²) >= 11 is 1.53. The Balaban J connectivity index is 1.64. The third-order valence-electron chi connectivity index (χ3n) is 6.02. The Labute approximate surface area is 186 Å². The van der Waals surface area contributed by atoms with Crippen molar-refractivity contribution in [2.24, 2.45) is 4.99 Å². The zero-order chi connectivity index (χ0) is 22.0. The van der Waals surface area contributed by atoms with Gasteiger partial charge in [0.1, 0.15) is 29.9 Å². The molecule has 0 saturated heterocycles. The van der Waals surface area contributed by atoms with Crippen molar-refractivity contribution in [2.75, 3.05) is 25.1 Å². The van der Waals surface area contributed by atoms with Gasteiger partial charge in [0.05, 0.1) is 12.8 Å². The highest BCUT2D eigenvalue weighted by Gasteiger charge is 2.31. The number of carbonyl (C=O) groups excluding carboxylic acids is 2. The van der Waals surface area contributed by atoms with Crippen LogP contribution in [-0.2, 0) is 14.3 Å². The lowest BCUT2D eigenvalue weighted by Crippen LogP contribution is -2.38. The van der Waals surface area contributed by atoms with Crippen LogP contribution in [0.15, 0.2) is 29.3 Å². The highest BCUT2D eigenvalue weighted by molar-refractivity contribution is 7.17. The first-order valence-corrected chi connectivity index (χ1v) is 11.6. The molecular weight excluding hydrogens is 412 g/mol. The van der Waals surface area contributed by atoms with Gasteiger partial charge < -0.3 is 9.47 Å². The minimum absolute atomic E-state index is 0.00203. The van der Waals surface area contributed by atoms with Gasteiger partial charge in [0.2, 0.25) is 5.91 Å². The molecular formula is C24H28N2O4S. The monoisotopic (exact) mass is 440 g/mol. The van der Waals surface area contributed by atoms with Gasteiger partial charge in [-0.05, 0) is 69.4 Å². The molecule has 1 aliphatic heterocycles. The second kappa shape index (κ2) is 9.22. The summed E-state index contributed by atoms with van der Waals surface area (Å²) in [4.78, 5) is 33.0. The van der Waals surface area contributed by atoms with Gasteiger partial charge in [0.15, 0.2) is 0 Å². The average Bonchev–Trinajstić information content (AvgIpc) is 2.99. The number of carbonyl (C=O) groups is 2. The molecule has 1 fully saturated rings. The second-order valence-electron chi connectivity index (χ2n) is 8.09. The van der Waals surface area contributed by atoms with Crippen molar-refractivity contribution in [3.05, 3.63) is 45.8 Å². The third kappa shape index (κ3) is 4.51. The molecule has 2 heterocycles. The third-order valence-corrected chi connectivity index (χ3v) is 7.25. The Kier molecular flexibility index (Phi) is 6.41. The first kappa shape index (κ1) is 21.6. The number of benzene rings is 1. The fraction of sp³-hybridized carbons (Fsp3) is 0.458. The number of anilines is 1. The van der Waals surface area contributed by atoms with Crippen LogP contribution in [0.5, 0.6) is 5.75 Å². The standard InChI is InChI=1S/C24H28N2O4S/c1-15-16(2)31-24-22(15)23(17-9-11-18(29-3)12-10-17)25-13-20(27)26(24)14-21(28)30-19-7-5-4-6-8-19/h9-12,19H,4-8,13-14H2,1-3H3. The largest absolute Gasteiger partial charge is 0.497 e. The van der Waals surface area contributed by atoms with Crippen LogP contribution in [-0.4, -0.2) is 43.9 Å². The SMILES string of the molecule is COc1ccc(C2=NCC(=O)N(CC(=O)OC3CCCCC3)c3sc(C)c(C)c32)cc1. The maximum atomic E-state index is 13.0. The number of esters is 1. The van der Waals surface area contributed by atoms with Crippen LogP contribution in [0.3, 0.4) is 0 Å². The molecule has 1 amide bonds. The molecule has 1 aromatic carbocycles. The molecule has 0 atom stereocenters. The zero-order valence-electron chi connectivity index (χ0n) is 18.3. The molecule has 2 aliphatic rings. The van der Waals surface area contributed by atoms with E-state index in [4.69, 9.17) is 9.47 Å². The van der Waals surface area contributed by atoms with E-state index in [2.05, 4.69) is 4.99 Å². The smallest absolute Gasteiger partial charge is 0.326 e. The Hall–Kier alpha value is -2.67. The summed E-state index contributed by atoms with van der Waals surface area (Å²) in [6.45, 7) is 3.99. The number of hydrogen-bond acceptors (Lipinski definition) is 6. The minimum atomic E-state index is -0.345. The van der Waals surface area contributed by atoms with Gasteiger partial charge in [-0.15, -0.1) is 11.3 Å². The molecule has 0 bridgehead atoms. The molecule has 1 aliphatic carbocycles. The molecule has 1 saturated carbocycles. The average molecular weight is 441 g/mol. The summed E-state index contributed by atoms with van der Waals surface area (Å²) in [5, 5.41) is 0.771. The van der Waals surface area contributed by atoms with E-state index in [1.54, 1.807) is 12.0 Å². The predicted octanol–water partition coefficient (Wildman–Crippen LogP) is 4.43. The van der Waals surface area contributed by atoms with Gasteiger partial charge in [-0.25, -0.2) is 0 Å². The van der Waals surface area contributed by atoms with Gasteiger partial charge >= 0.3 is 5.97 Å². The number of aliphatic imine (C=N–C) groups is 1. The van der Waals surface area contributed by atoms with Crippen molar-refractivity contribution >= 4 is 33.9 Å². The minimum Gasteiger partial charge on any atom is -0.497 e. The maximum absolute atomic E-state index is 13.0. The molecule has 0 spiro atoms. The Morgan fingerprint density at radius 3 is 2.55 bits per heavy atom. The van der Waals surface area contributed by atoms with Crippen LogP contribution in [0.1, 0.15) is 53.7 Å². The van der Waals surface area contributed by atoms with E-state index in [0.717, 1.165) is 63.7 Å². The quantitative estimate of drug-likeness (QED) is 0.645. The van der Waals surface area contributed by atoms with Crippen molar-refractivity contribution in [1.82, 2.24) is 0 Å². The number of nitrogens with zero attached hydrogens (tertiary/aromatic N) is 2. The van der Waals surface area contributed by atoms with Gasteiger partial charge in [-0.1, -0.05) is 6.42 Å². The van der Waals surface area contributed by atoms with Gasteiger partial charge in [-0.3, -0.25) is 19.5 Å². The van der Waals surface area contributed by atoms with Gasteiger partial charge in [-0.2, -0.15) is 0 Å². The number of aryl methyl sites for hydroxylation is 1. The van der Waals surface area contributed by atoms with Crippen LogP contribution in [0.25, 0.3) is 0 Å². The first-order chi connectivity index (χ1) is 15.0. The van der Waals surface area contributed by atoms with E-state index in [1.807, 2.05) is 38.1 Å². The van der Waals surface area contributed by atoms with Crippen LogP contribution >= 0.6 is 11.3 Å². The lowest BCUT2D eigenvalue weighted by Gasteiger charge is -2.24. The topological polar surface area (TPSA) is 68.2 Å². The van der Waals surface area contributed by atoms with E-state index in [-0.39, 0.29) is 31.1 Å². The Morgan fingerprint density at radius 1 is 1.16 bits per heavy atom. The van der Waals surface area contributed by atoms with E-state index in [0.29, 0.717) is 0 Å². The normalized spacial score (nSPS) is 17.1. The molecule has 0 N–H and O–H groups in total. The summed E-state index contributed by atoms with van der Waals surface area (Å²) in [6, 6.07) is 7.67. The van der Waals surface area contributed by atoms with Gasteiger partial charge in [0, 0.05) is 16.0 Å². The van der Waals surface area contributed by atoms with E-state index < -0.39 is 0 Å². The van der Waals surface area contributed by atoms with Crippen molar-refractivity contribution < 1.29 is 19.1 Å². The molecule has 0 unspecified atom stereocenters. The summed E-state index contributed by atoms with van der Waals surface area (Å²) < 4.78 is 11.0. The highest BCUT2D eigenvalue weighted by Crippen LogP contribution is 2.39. The molecule has 0 radical (unpaired) electrons. The summed E-state index contributed by atoms with van der Waals surface area (Å²) in [5.74, 6) is 0.231. The lowest BCUT2D eigenvalue weighted by molar-refractivity contribution is -0.149. The summed E-state index contributed by atoms with van der Waals surface area (Å²) in [7, 11) is 1.63. The summed E-state index contributed by atoms with van der Waals surface area (Å²) in [5.41, 5.74) is 3.69. The molecule has 2 aromatic rings. The van der Waals surface area contributed by atoms with Crippen LogP contribution < -0.4 is 9.64 Å². The molecule has 1 aromatic heterocycles. The van der Waals surface area contributed by atoms with Crippen molar-refractivity contribution in [3.63, 3.8) is 0 Å². The predicted molar refractivity (Wildman–Crippen MR) is 123 cm³/mol. The lowest BCUT2D eigenvalue weighted by atomic mass is 9.98. The fourth-order valence-corrected chi connectivity index (χ4v) is 5.36.